The van der Waals surface area contributed by atoms with Crippen LogP contribution in [0.3, 0.4) is 0 Å². The molecule has 1 atom stereocenters. The molecule has 7 heteroatoms. The number of carbonyl (C=O) groups is 1. The Hall–Kier alpha value is -1.44. The number of morpholine rings is 1. The molecule has 176 valence electrons. The highest BCUT2D eigenvalue weighted by Gasteiger charge is 2.29. The van der Waals surface area contributed by atoms with Crippen molar-refractivity contribution in [1.29, 1.82) is 0 Å². The van der Waals surface area contributed by atoms with Gasteiger partial charge in [0.25, 0.3) is 0 Å². The van der Waals surface area contributed by atoms with Crippen molar-refractivity contribution < 1.29 is 13.7 Å². The van der Waals surface area contributed by atoms with Crippen molar-refractivity contribution in [3.8, 4) is 0 Å². The first kappa shape index (κ1) is 25.8. The molecular weight excluding hydrogens is 410 g/mol. The van der Waals surface area contributed by atoms with Gasteiger partial charge in [0, 0.05) is 25.2 Å². The summed E-state index contributed by atoms with van der Waals surface area (Å²) in [5, 5.41) is 2.92. The minimum absolute atomic E-state index is 0.201. The largest absolute Gasteiger partial charge is 0.379 e. The van der Waals surface area contributed by atoms with Crippen LogP contribution in [0.4, 0.5) is 4.79 Å². The lowest BCUT2D eigenvalue weighted by atomic mass is 9.89. The van der Waals surface area contributed by atoms with Crippen molar-refractivity contribution in [2.75, 3.05) is 32.8 Å². The molecule has 1 saturated heterocycles. The number of nitrogens with one attached hydrogen (secondary N) is 2. The van der Waals surface area contributed by atoms with Crippen LogP contribution in [0.25, 0.3) is 0 Å². The first-order chi connectivity index (χ1) is 14.4. The Labute approximate surface area is 191 Å². The van der Waals surface area contributed by atoms with Crippen LogP contribution >= 0.6 is 0 Å². The highest BCUT2D eigenvalue weighted by atomic mass is 32.2. The zero-order valence-corrected chi connectivity index (χ0v) is 21.3. The molecule has 1 heterocycles. The number of carbonyl (C=O) groups excluding carboxylic acids is 1. The fourth-order valence-corrected chi connectivity index (χ4v) is 5.21. The zero-order valence-electron chi connectivity index (χ0n) is 20.5. The number of hydrogen-bond donors (Lipinski definition) is 2. The van der Waals surface area contributed by atoms with Crippen LogP contribution in [0.2, 0.25) is 0 Å². The SMILES string of the molecule is CC(C)c1cc(C(C)C)c([S@@](=O)NC(=O)NCC(C)(C)N2CCOCC2)c(C(C)C)c1. The molecule has 1 aromatic rings. The summed E-state index contributed by atoms with van der Waals surface area (Å²) in [7, 11) is -1.63. The lowest BCUT2D eigenvalue weighted by molar-refractivity contribution is -0.00870. The number of benzene rings is 1. The molecule has 0 aliphatic carbocycles. The van der Waals surface area contributed by atoms with E-state index in [9.17, 15) is 9.00 Å². The summed E-state index contributed by atoms with van der Waals surface area (Å²) < 4.78 is 21.4. The molecule has 1 aromatic carbocycles. The predicted molar refractivity (Wildman–Crippen MR) is 128 cm³/mol. The Balaban J connectivity index is 2.17. The Morgan fingerprint density at radius 1 is 1.03 bits per heavy atom. The second-order valence-electron chi connectivity index (χ2n) is 9.96. The topological polar surface area (TPSA) is 70.7 Å². The molecule has 0 aromatic heterocycles. The minimum Gasteiger partial charge on any atom is -0.379 e. The van der Waals surface area contributed by atoms with E-state index < -0.39 is 17.0 Å². The molecule has 0 spiro atoms. The lowest BCUT2D eigenvalue weighted by Gasteiger charge is -2.40. The van der Waals surface area contributed by atoms with Crippen molar-refractivity contribution >= 4 is 17.0 Å². The van der Waals surface area contributed by atoms with Gasteiger partial charge >= 0.3 is 6.03 Å². The van der Waals surface area contributed by atoms with Gasteiger partial charge in [0.05, 0.1) is 18.1 Å². The van der Waals surface area contributed by atoms with Gasteiger partial charge in [-0.05, 0) is 48.3 Å². The fraction of sp³-hybridized carbons (Fsp3) is 0.708. The van der Waals surface area contributed by atoms with Crippen molar-refractivity contribution in [3.05, 3.63) is 28.8 Å². The van der Waals surface area contributed by atoms with E-state index in [2.05, 4.69) is 82.5 Å². The van der Waals surface area contributed by atoms with Gasteiger partial charge in [-0.25, -0.2) is 9.00 Å². The van der Waals surface area contributed by atoms with Crippen LogP contribution in [0.1, 0.15) is 89.8 Å². The quantitative estimate of drug-likeness (QED) is 0.611. The standard InChI is InChI=1S/C24H41N3O3S/c1-16(2)19-13-20(17(3)4)22(21(14-19)18(5)6)31(29)26-23(28)25-15-24(7,8)27-9-11-30-12-10-27/h13-14,16-18H,9-12,15H2,1-8H3,(H2,25,26,28)/t31-/m1/s1. The maximum absolute atomic E-state index is 13.3. The van der Waals surface area contributed by atoms with Gasteiger partial charge in [-0.1, -0.05) is 53.7 Å². The van der Waals surface area contributed by atoms with Crippen LogP contribution in [0.15, 0.2) is 17.0 Å². The Morgan fingerprint density at radius 2 is 1.55 bits per heavy atom. The monoisotopic (exact) mass is 451 g/mol. The minimum atomic E-state index is -1.63. The van der Waals surface area contributed by atoms with Crippen LogP contribution < -0.4 is 10.0 Å². The van der Waals surface area contributed by atoms with E-state index in [1.165, 1.54) is 5.56 Å². The fourth-order valence-electron chi connectivity index (χ4n) is 3.85. The molecule has 1 fully saturated rings. The van der Waals surface area contributed by atoms with E-state index in [-0.39, 0.29) is 17.4 Å². The average Bonchev–Trinajstić information content (AvgIpc) is 2.71. The van der Waals surface area contributed by atoms with E-state index in [0.717, 1.165) is 29.1 Å². The van der Waals surface area contributed by atoms with Gasteiger partial charge in [0.2, 0.25) is 0 Å². The number of urea groups is 1. The molecule has 1 aliphatic heterocycles. The highest BCUT2D eigenvalue weighted by molar-refractivity contribution is 7.83. The van der Waals surface area contributed by atoms with Gasteiger partial charge in [-0.3, -0.25) is 9.62 Å². The molecule has 2 rings (SSSR count). The number of hydrogen-bond acceptors (Lipinski definition) is 4. The summed E-state index contributed by atoms with van der Waals surface area (Å²) in [4.78, 5) is 15.7. The summed E-state index contributed by atoms with van der Waals surface area (Å²) in [5.41, 5.74) is 3.13. The molecule has 2 N–H and O–H groups in total. The second-order valence-corrected chi connectivity index (χ2v) is 11.1. The third kappa shape index (κ3) is 6.77. The predicted octanol–water partition coefficient (Wildman–Crippen LogP) is 4.49. The van der Waals surface area contributed by atoms with E-state index in [1.807, 2.05) is 0 Å². The van der Waals surface area contributed by atoms with Crippen molar-refractivity contribution in [2.45, 2.75) is 83.6 Å². The van der Waals surface area contributed by atoms with E-state index in [1.54, 1.807) is 0 Å². The number of ether oxygens (including phenoxy) is 1. The maximum atomic E-state index is 13.3. The number of nitrogens with zero attached hydrogens (tertiary/aromatic N) is 1. The summed E-state index contributed by atoms with van der Waals surface area (Å²) in [6.07, 6.45) is 0. The molecular formula is C24H41N3O3S. The zero-order chi connectivity index (χ0) is 23.3. The molecule has 1 aliphatic rings. The van der Waals surface area contributed by atoms with Crippen molar-refractivity contribution in [1.82, 2.24) is 14.9 Å². The van der Waals surface area contributed by atoms with E-state index in [4.69, 9.17) is 4.74 Å². The molecule has 0 radical (unpaired) electrons. The molecule has 6 nitrogen and oxygen atoms in total. The number of rotatable bonds is 8. The first-order valence-electron chi connectivity index (χ1n) is 11.4. The second kappa shape index (κ2) is 10.9. The Morgan fingerprint density at radius 3 is 2.00 bits per heavy atom. The van der Waals surface area contributed by atoms with Gasteiger partial charge in [0.1, 0.15) is 0 Å². The molecule has 0 unspecified atom stereocenters. The summed E-state index contributed by atoms with van der Waals surface area (Å²) in [5.74, 6) is 0.802. The van der Waals surface area contributed by atoms with Crippen LogP contribution in [-0.4, -0.2) is 53.5 Å². The van der Waals surface area contributed by atoms with E-state index in [0.29, 0.717) is 25.7 Å². The molecule has 0 bridgehead atoms. The molecule has 31 heavy (non-hydrogen) atoms. The molecule has 2 amide bonds. The van der Waals surface area contributed by atoms with Crippen LogP contribution in [0, 0.1) is 0 Å². The van der Waals surface area contributed by atoms with Gasteiger partial charge in [-0.2, -0.15) is 0 Å². The summed E-state index contributed by atoms with van der Waals surface area (Å²) >= 11 is 0. The third-order valence-corrected chi connectivity index (χ3v) is 7.21. The third-order valence-electron chi connectivity index (χ3n) is 6.00. The number of amides is 2. The average molecular weight is 452 g/mol. The Bertz CT molecular complexity index is 755. The first-order valence-corrected chi connectivity index (χ1v) is 12.6. The smallest absolute Gasteiger partial charge is 0.326 e. The van der Waals surface area contributed by atoms with Crippen LogP contribution in [0.5, 0.6) is 0 Å². The van der Waals surface area contributed by atoms with Crippen molar-refractivity contribution in [3.63, 3.8) is 0 Å². The summed E-state index contributed by atoms with van der Waals surface area (Å²) in [6.45, 7) is 20.6. The van der Waals surface area contributed by atoms with Crippen LogP contribution in [-0.2, 0) is 15.7 Å². The van der Waals surface area contributed by atoms with Gasteiger partial charge in [0.15, 0.2) is 11.0 Å². The van der Waals surface area contributed by atoms with E-state index >= 15 is 0 Å². The van der Waals surface area contributed by atoms with Crippen molar-refractivity contribution in [2.24, 2.45) is 0 Å². The summed E-state index contributed by atoms with van der Waals surface area (Å²) in [6, 6.07) is 3.89. The maximum Gasteiger partial charge on any atom is 0.326 e. The lowest BCUT2D eigenvalue weighted by Crippen LogP contribution is -2.56. The van der Waals surface area contributed by atoms with Gasteiger partial charge < -0.3 is 10.1 Å². The molecule has 0 saturated carbocycles. The normalized spacial score (nSPS) is 16.7. The highest BCUT2D eigenvalue weighted by Crippen LogP contribution is 2.33. The Kier molecular flexibility index (Phi) is 9.10. The van der Waals surface area contributed by atoms with Gasteiger partial charge in [-0.15, -0.1) is 0 Å².